The van der Waals surface area contributed by atoms with Crippen LogP contribution in [0.4, 0.5) is 24.5 Å². The van der Waals surface area contributed by atoms with Gasteiger partial charge in [0.2, 0.25) is 17.7 Å². The Morgan fingerprint density at radius 2 is 1.60 bits per heavy atom. The van der Waals surface area contributed by atoms with Crippen molar-refractivity contribution in [3.63, 3.8) is 0 Å². The van der Waals surface area contributed by atoms with Crippen molar-refractivity contribution in [1.29, 1.82) is 5.26 Å². The number of benzene rings is 3. The number of alkyl halides is 3. The number of carbonyl (C=O) groups excluding carboxylic acids is 4. The van der Waals surface area contributed by atoms with Gasteiger partial charge in [-0.1, -0.05) is 69.7 Å². The summed E-state index contributed by atoms with van der Waals surface area (Å²) in [6.07, 6.45) is 0.264. The number of nitrogens with zero attached hydrogens (tertiary/aromatic N) is 6. The fraction of sp³-hybridized carbons (Fsp3) is 0.382. The number of β-amino-alcohol motifs (C(OH)–C–C–N with tert-alkyl or cyclic N) is 1. The largest absolute Gasteiger partial charge is 0.417 e. The molecule has 0 unspecified atom stereocenters. The zero-order valence-electron chi connectivity index (χ0n) is 41.5. The predicted octanol–water partition coefficient (Wildman–Crippen LogP) is 9.02. The van der Waals surface area contributed by atoms with Crippen LogP contribution in [0, 0.1) is 35.5 Å². The Bertz CT molecular complexity index is 2970. The Balaban J connectivity index is 0.846. The number of unbranched alkanes of at least 4 members (excludes halogenated alkanes) is 3. The molecule has 2 fully saturated rings. The quantitative estimate of drug-likeness (QED) is 0.0522. The molecule has 2 aliphatic rings. The van der Waals surface area contributed by atoms with Gasteiger partial charge in [0.05, 0.1) is 45.1 Å². The number of amides is 4. The molecule has 3 N–H and O–H groups in total. The highest BCUT2D eigenvalue weighted by molar-refractivity contribution is 7.81. The molecule has 2 aromatic heterocycles. The number of likely N-dealkylation sites (tertiary alicyclic amines) is 1. The lowest BCUT2D eigenvalue weighted by Gasteiger charge is -2.35. The maximum absolute atomic E-state index is 14.0. The zero-order valence-corrected chi connectivity index (χ0v) is 43.1. The van der Waals surface area contributed by atoms with Crippen LogP contribution >= 0.6 is 23.6 Å². The first-order valence-corrected chi connectivity index (χ1v) is 25.3. The summed E-state index contributed by atoms with van der Waals surface area (Å²) in [5.74, 6) is 4.69. The molecule has 13 nitrogen and oxygen atoms in total. The van der Waals surface area contributed by atoms with Crippen molar-refractivity contribution in [2.75, 3.05) is 16.3 Å². The van der Waals surface area contributed by atoms with E-state index in [2.05, 4.69) is 32.4 Å². The van der Waals surface area contributed by atoms with Gasteiger partial charge in [-0.2, -0.15) is 18.4 Å². The number of carbonyl (C=O) groups is 4. The van der Waals surface area contributed by atoms with Crippen molar-refractivity contribution < 1.29 is 37.5 Å². The van der Waals surface area contributed by atoms with E-state index in [-0.39, 0.29) is 48.5 Å². The maximum atomic E-state index is 14.0. The molecule has 0 saturated carbocycles. The van der Waals surface area contributed by atoms with E-state index >= 15 is 0 Å². The zero-order chi connectivity index (χ0) is 52.8. The number of halogens is 3. The fourth-order valence-corrected chi connectivity index (χ4v) is 10.2. The van der Waals surface area contributed by atoms with E-state index in [4.69, 9.17) is 12.2 Å². The molecule has 0 bridgehead atoms. The predicted molar refractivity (Wildman–Crippen MR) is 278 cm³/mol. The number of thiocarbonyl (C=S) groups is 1. The van der Waals surface area contributed by atoms with Crippen molar-refractivity contribution in [3.8, 4) is 28.4 Å². The Hall–Kier alpha value is -6.99. The van der Waals surface area contributed by atoms with Gasteiger partial charge in [-0.3, -0.25) is 29.1 Å². The number of thiazole rings is 1. The number of anilines is 2. The van der Waals surface area contributed by atoms with Crippen LogP contribution < -0.4 is 20.4 Å². The molecule has 380 valence electrons. The number of nitrogens with one attached hydrogen (secondary N) is 2. The summed E-state index contributed by atoms with van der Waals surface area (Å²) < 4.78 is 41.3. The molecule has 5 aromatic rings. The van der Waals surface area contributed by atoms with Gasteiger partial charge in [-0.15, -0.1) is 11.3 Å². The fourth-order valence-electron chi connectivity index (χ4n) is 8.90. The van der Waals surface area contributed by atoms with E-state index in [0.29, 0.717) is 23.2 Å². The molecule has 7 rings (SSSR count). The highest BCUT2D eigenvalue weighted by Gasteiger charge is 2.51. The minimum atomic E-state index is -4.80. The number of aliphatic hydroxyl groups excluding tert-OH is 1. The lowest BCUT2D eigenvalue weighted by molar-refractivity contribution is -0.144. The lowest BCUT2D eigenvalue weighted by atomic mass is 9.85. The van der Waals surface area contributed by atoms with Crippen LogP contribution in [0.1, 0.15) is 112 Å². The molecular weight excluding hydrogens is 974 g/mol. The first-order chi connectivity index (χ1) is 34.6. The second-order valence-electron chi connectivity index (χ2n) is 19.9. The third kappa shape index (κ3) is 12.6. The van der Waals surface area contributed by atoms with Crippen LogP contribution in [0.3, 0.4) is 0 Å². The van der Waals surface area contributed by atoms with E-state index in [1.807, 2.05) is 69.6 Å². The van der Waals surface area contributed by atoms with Crippen molar-refractivity contribution in [1.82, 2.24) is 25.5 Å². The van der Waals surface area contributed by atoms with Crippen LogP contribution in [-0.4, -0.2) is 79.0 Å². The summed E-state index contributed by atoms with van der Waals surface area (Å²) in [5.41, 5.74) is 3.84. The number of aromatic nitrogens is 2. The average molecular weight is 1030 g/mol. The normalized spacial score (nSPS) is 17.0. The van der Waals surface area contributed by atoms with E-state index < -0.39 is 58.3 Å². The summed E-state index contributed by atoms with van der Waals surface area (Å²) in [4.78, 5) is 68.4. The monoisotopic (exact) mass is 1030 g/mol. The van der Waals surface area contributed by atoms with Crippen LogP contribution in [0.5, 0.6) is 0 Å². The Kier molecular flexibility index (Phi) is 16.5. The van der Waals surface area contributed by atoms with Crippen molar-refractivity contribution in [2.24, 2.45) is 5.41 Å². The van der Waals surface area contributed by atoms with Crippen LogP contribution in [0.2, 0.25) is 0 Å². The number of hydrogen-bond acceptors (Lipinski definition) is 10. The minimum Gasteiger partial charge on any atom is -0.391 e. The van der Waals surface area contributed by atoms with Gasteiger partial charge < -0.3 is 25.5 Å². The number of aliphatic hydroxyl groups is 1. The SMILES string of the molecule is Cc1ncsc1-c1ccc(CNC(=O)[C@@H]2C[C@@H](O)CN2C(=O)[C@@H](NC(=O)CCCCCCc2ccc(C#Cc3ccc(N4C(=S)N(c5ccc(C#N)c(C(F)(F)F)c5)C(=O)C4(C)C)cc3)cn2)C(C)(C)C)cc1. The van der Waals surface area contributed by atoms with E-state index in [9.17, 15) is 42.7 Å². The molecule has 2 saturated heterocycles. The molecule has 73 heavy (non-hydrogen) atoms. The maximum Gasteiger partial charge on any atom is 0.417 e. The number of nitriles is 1. The summed E-state index contributed by atoms with van der Waals surface area (Å²) in [5, 5.41) is 25.7. The van der Waals surface area contributed by atoms with Crippen molar-refractivity contribution in [2.45, 2.75) is 123 Å². The number of pyridine rings is 1. The van der Waals surface area contributed by atoms with Crippen molar-refractivity contribution in [3.05, 3.63) is 130 Å². The summed E-state index contributed by atoms with van der Waals surface area (Å²) in [6.45, 7) is 11.1. The lowest BCUT2D eigenvalue weighted by Crippen LogP contribution is -2.57. The molecule has 2 aliphatic heterocycles. The van der Waals surface area contributed by atoms with Gasteiger partial charge in [-0.25, -0.2) is 4.98 Å². The molecule has 0 spiro atoms. The van der Waals surface area contributed by atoms with Crippen LogP contribution in [0.25, 0.3) is 10.4 Å². The van der Waals surface area contributed by atoms with Gasteiger partial charge in [0.25, 0.3) is 5.91 Å². The molecular formula is C55H57F3N8O5S2. The second kappa shape index (κ2) is 22.4. The summed E-state index contributed by atoms with van der Waals surface area (Å²) in [6, 6.07) is 21.5. The number of aryl methyl sites for hydroxylation is 2. The van der Waals surface area contributed by atoms with Gasteiger partial charge >= 0.3 is 6.18 Å². The van der Waals surface area contributed by atoms with Crippen molar-refractivity contribution >= 4 is 63.7 Å². The Morgan fingerprint density at radius 1 is 0.932 bits per heavy atom. The molecule has 3 atom stereocenters. The van der Waals surface area contributed by atoms with E-state index in [1.165, 1.54) is 11.0 Å². The number of rotatable bonds is 15. The molecule has 18 heteroatoms. The Morgan fingerprint density at radius 3 is 2.23 bits per heavy atom. The molecule has 0 radical (unpaired) electrons. The van der Waals surface area contributed by atoms with Gasteiger partial charge in [-0.05, 0) is 123 Å². The molecule has 4 amide bonds. The molecule has 0 aliphatic carbocycles. The first kappa shape index (κ1) is 53.8. The Labute approximate surface area is 432 Å². The smallest absolute Gasteiger partial charge is 0.391 e. The average Bonchev–Trinajstić information content (AvgIpc) is 4.02. The standard InChI is InChI=1S/C55H57F3N8O5S2/c1-34-47(73-33-62-34)38-20-15-37(16-21-38)31-61-49(69)45-28-43(67)32-64(45)50(70)48(53(2,3)4)63-46(68)12-10-8-7-9-11-40-23-17-36(30-60-40)14-13-35-18-24-41(25-19-35)66-52(72)65(51(71)54(66,5)6)42-26-22-39(29-59)44(27-42)55(56,57)58/h15-27,30,33,43,45,48,67H,7-12,28,31-32H2,1-6H3,(H,61,69)(H,63,68)/t43-,45+,48-/m1/s1. The highest BCUT2D eigenvalue weighted by atomic mass is 32.1. The topological polar surface area (TPSA) is 172 Å². The molecule has 4 heterocycles. The minimum absolute atomic E-state index is 0.00161. The summed E-state index contributed by atoms with van der Waals surface area (Å²) >= 11 is 7.22. The van der Waals surface area contributed by atoms with E-state index in [0.717, 1.165) is 70.1 Å². The highest BCUT2D eigenvalue weighted by Crippen LogP contribution is 2.40. The third-order valence-corrected chi connectivity index (χ3v) is 14.3. The van der Waals surface area contributed by atoms with Crippen LogP contribution in [0.15, 0.2) is 90.6 Å². The summed E-state index contributed by atoms with van der Waals surface area (Å²) in [7, 11) is 0. The van der Waals surface area contributed by atoms with Gasteiger partial charge in [0.15, 0.2) is 5.11 Å². The molecule has 3 aromatic carbocycles. The second-order valence-corrected chi connectivity index (χ2v) is 21.1. The first-order valence-electron chi connectivity index (χ1n) is 24.0. The van der Waals surface area contributed by atoms with Gasteiger partial charge in [0, 0.05) is 54.6 Å². The third-order valence-electron chi connectivity index (χ3n) is 13.0. The number of hydrogen-bond donors (Lipinski definition) is 3. The van der Waals surface area contributed by atoms with Crippen LogP contribution in [-0.2, 0) is 38.3 Å². The van der Waals surface area contributed by atoms with Gasteiger partial charge in [0.1, 0.15) is 17.6 Å². The van der Waals surface area contributed by atoms with E-state index in [1.54, 1.807) is 66.6 Å².